The summed E-state index contributed by atoms with van der Waals surface area (Å²) < 4.78 is 7.13. The molecular formula is C17H18N4O4S. The molecule has 4 atom stereocenters. The Labute approximate surface area is 153 Å². The second-order valence-corrected chi connectivity index (χ2v) is 6.97. The van der Waals surface area contributed by atoms with Crippen LogP contribution in [0.4, 0.5) is 0 Å². The Kier molecular flexibility index (Phi) is 4.88. The zero-order chi connectivity index (χ0) is 18.1. The second-order valence-electron chi connectivity index (χ2n) is 6.01. The van der Waals surface area contributed by atoms with Gasteiger partial charge in [-0.05, 0) is 5.56 Å². The SMILES string of the molecule is OC[C@@H]1O[C@H](n2cnc3c(SCc4ccccc4)ncnc32)[C@H](O)[C@H]1O. The summed E-state index contributed by atoms with van der Waals surface area (Å²) in [5.41, 5.74) is 2.28. The Balaban J connectivity index is 1.61. The molecule has 0 amide bonds. The largest absolute Gasteiger partial charge is 0.394 e. The lowest BCUT2D eigenvalue weighted by molar-refractivity contribution is -0.0511. The van der Waals surface area contributed by atoms with Crippen molar-refractivity contribution in [2.24, 2.45) is 0 Å². The molecule has 1 aliphatic rings. The summed E-state index contributed by atoms with van der Waals surface area (Å²) >= 11 is 1.55. The molecule has 1 aliphatic heterocycles. The van der Waals surface area contributed by atoms with Gasteiger partial charge in [-0.3, -0.25) is 4.57 Å². The van der Waals surface area contributed by atoms with Crippen LogP contribution in [0.5, 0.6) is 0 Å². The highest BCUT2D eigenvalue weighted by molar-refractivity contribution is 7.98. The van der Waals surface area contributed by atoms with Crippen LogP contribution in [0.1, 0.15) is 11.8 Å². The van der Waals surface area contributed by atoms with Crippen molar-refractivity contribution in [3.05, 3.63) is 48.5 Å². The number of imidazole rings is 1. The standard InChI is InChI=1S/C17H18N4O4S/c22-6-11-13(23)14(24)17(25-11)21-9-20-12-15(21)18-8-19-16(12)26-7-10-4-2-1-3-5-10/h1-5,8-9,11,13-14,17,22-24H,6-7H2/t11-,13-,14+,17-/m0/s1. The van der Waals surface area contributed by atoms with E-state index in [2.05, 4.69) is 15.0 Å². The van der Waals surface area contributed by atoms with E-state index in [1.807, 2.05) is 30.3 Å². The molecule has 1 fully saturated rings. The molecule has 0 bridgehead atoms. The minimum absolute atomic E-state index is 0.380. The van der Waals surface area contributed by atoms with Crippen LogP contribution in [0, 0.1) is 0 Å². The maximum Gasteiger partial charge on any atom is 0.166 e. The first kappa shape index (κ1) is 17.4. The first-order valence-corrected chi connectivity index (χ1v) is 9.14. The van der Waals surface area contributed by atoms with Crippen molar-refractivity contribution in [2.45, 2.75) is 35.3 Å². The monoisotopic (exact) mass is 374 g/mol. The average Bonchev–Trinajstić information content (AvgIpc) is 3.23. The molecule has 136 valence electrons. The molecule has 3 aromatic rings. The molecule has 0 saturated carbocycles. The fourth-order valence-electron chi connectivity index (χ4n) is 2.96. The number of rotatable bonds is 5. The summed E-state index contributed by atoms with van der Waals surface area (Å²) in [6, 6.07) is 10.0. The third-order valence-corrected chi connectivity index (χ3v) is 5.38. The number of thioether (sulfide) groups is 1. The average molecular weight is 374 g/mol. The van der Waals surface area contributed by atoms with E-state index in [1.165, 1.54) is 18.2 Å². The first-order valence-electron chi connectivity index (χ1n) is 8.15. The molecular weight excluding hydrogens is 356 g/mol. The van der Waals surface area contributed by atoms with E-state index < -0.39 is 24.5 Å². The minimum atomic E-state index is -1.18. The van der Waals surface area contributed by atoms with Crippen molar-refractivity contribution in [3.8, 4) is 0 Å². The van der Waals surface area contributed by atoms with Gasteiger partial charge in [0, 0.05) is 5.75 Å². The lowest BCUT2D eigenvalue weighted by Gasteiger charge is -2.16. The van der Waals surface area contributed by atoms with E-state index in [-0.39, 0.29) is 6.61 Å². The number of hydrogen-bond acceptors (Lipinski definition) is 8. The third kappa shape index (κ3) is 3.08. The molecule has 0 spiro atoms. The number of ether oxygens (including phenoxy) is 1. The topological polar surface area (TPSA) is 114 Å². The van der Waals surface area contributed by atoms with Gasteiger partial charge in [-0.1, -0.05) is 42.1 Å². The molecule has 1 aromatic carbocycles. The van der Waals surface area contributed by atoms with E-state index >= 15 is 0 Å². The Hall–Kier alpha value is -2.04. The highest BCUT2D eigenvalue weighted by Crippen LogP contribution is 2.33. The summed E-state index contributed by atoms with van der Waals surface area (Å²) in [6.45, 7) is -0.380. The molecule has 0 unspecified atom stereocenters. The number of hydrogen-bond donors (Lipinski definition) is 3. The fraction of sp³-hybridized carbons (Fsp3) is 0.353. The van der Waals surface area contributed by atoms with Gasteiger partial charge in [0.25, 0.3) is 0 Å². The zero-order valence-electron chi connectivity index (χ0n) is 13.7. The van der Waals surface area contributed by atoms with Crippen molar-refractivity contribution in [1.82, 2.24) is 19.5 Å². The predicted molar refractivity (Wildman–Crippen MR) is 94.3 cm³/mol. The molecule has 1 saturated heterocycles. The molecule has 26 heavy (non-hydrogen) atoms. The van der Waals surface area contributed by atoms with Crippen molar-refractivity contribution in [2.75, 3.05) is 6.61 Å². The van der Waals surface area contributed by atoms with Crippen molar-refractivity contribution in [3.63, 3.8) is 0 Å². The molecule has 0 radical (unpaired) electrons. The number of aliphatic hydroxyl groups is 3. The molecule has 4 rings (SSSR count). The lowest BCUT2D eigenvalue weighted by atomic mass is 10.1. The van der Waals surface area contributed by atoms with Gasteiger partial charge in [0.1, 0.15) is 35.2 Å². The lowest BCUT2D eigenvalue weighted by Crippen LogP contribution is -2.33. The third-order valence-electron chi connectivity index (χ3n) is 4.33. The number of benzene rings is 1. The summed E-state index contributed by atoms with van der Waals surface area (Å²) in [7, 11) is 0. The van der Waals surface area contributed by atoms with Crippen molar-refractivity contribution in [1.29, 1.82) is 0 Å². The highest BCUT2D eigenvalue weighted by Gasteiger charge is 2.44. The van der Waals surface area contributed by atoms with Gasteiger partial charge >= 0.3 is 0 Å². The van der Waals surface area contributed by atoms with Crippen LogP contribution in [0.2, 0.25) is 0 Å². The van der Waals surface area contributed by atoms with Gasteiger partial charge < -0.3 is 20.1 Å². The Morgan fingerprint density at radius 3 is 2.62 bits per heavy atom. The first-order chi connectivity index (χ1) is 12.7. The fourth-order valence-corrected chi connectivity index (χ4v) is 3.86. The number of nitrogens with zero attached hydrogens (tertiary/aromatic N) is 4. The van der Waals surface area contributed by atoms with Crippen molar-refractivity contribution < 1.29 is 20.1 Å². The molecule has 8 nitrogen and oxygen atoms in total. The summed E-state index contributed by atoms with van der Waals surface area (Å²) in [5.74, 6) is 0.744. The maximum absolute atomic E-state index is 10.2. The summed E-state index contributed by atoms with van der Waals surface area (Å²) in [4.78, 5) is 12.9. The quantitative estimate of drug-likeness (QED) is 0.442. The van der Waals surface area contributed by atoms with Crippen LogP contribution in [0.25, 0.3) is 11.2 Å². The van der Waals surface area contributed by atoms with Gasteiger partial charge in [0.2, 0.25) is 0 Å². The van der Waals surface area contributed by atoms with Crippen LogP contribution in [0.3, 0.4) is 0 Å². The van der Waals surface area contributed by atoms with Gasteiger partial charge in [0.05, 0.1) is 12.9 Å². The van der Waals surface area contributed by atoms with E-state index in [4.69, 9.17) is 4.74 Å². The van der Waals surface area contributed by atoms with E-state index in [1.54, 1.807) is 16.3 Å². The Bertz CT molecular complexity index is 891. The molecule has 0 aliphatic carbocycles. The van der Waals surface area contributed by atoms with Crippen LogP contribution < -0.4 is 0 Å². The van der Waals surface area contributed by atoms with Crippen LogP contribution in [-0.4, -0.2) is 59.8 Å². The van der Waals surface area contributed by atoms with Gasteiger partial charge in [-0.15, -0.1) is 0 Å². The Morgan fingerprint density at radius 2 is 1.88 bits per heavy atom. The number of aliphatic hydroxyl groups excluding tert-OH is 3. The normalized spacial score (nSPS) is 25.8. The zero-order valence-corrected chi connectivity index (χ0v) is 14.5. The predicted octanol–water partition coefficient (Wildman–Crippen LogP) is 0.730. The molecule has 3 heterocycles. The van der Waals surface area contributed by atoms with Crippen LogP contribution in [-0.2, 0) is 10.5 Å². The van der Waals surface area contributed by atoms with E-state index in [0.29, 0.717) is 11.2 Å². The number of aromatic nitrogens is 4. The van der Waals surface area contributed by atoms with Crippen molar-refractivity contribution >= 4 is 22.9 Å². The Morgan fingerprint density at radius 1 is 1.08 bits per heavy atom. The summed E-state index contributed by atoms with van der Waals surface area (Å²) in [5, 5.41) is 30.2. The van der Waals surface area contributed by atoms with Crippen LogP contribution in [0.15, 0.2) is 48.0 Å². The molecule has 2 aromatic heterocycles. The smallest absolute Gasteiger partial charge is 0.166 e. The van der Waals surface area contributed by atoms with Crippen LogP contribution >= 0.6 is 11.8 Å². The maximum atomic E-state index is 10.2. The van der Waals surface area contributed by atoms with Gasteiger partial charge in [-0.2, -0.15) is 0 Å². The van der Waals surface area contributed by atoms with E-state index in [9.17, 15) is 15.3 Å². The summed E-state index contributed by atoms with van der Waals surface area (Å²) in [6.07, 6.45) is -1.12. The molecule has 9 heteroatoms. The minimum Gasteiger partial charge on any atom is -0.394 e. The second kappa shape index (κ2) is 7.29. The molecule has 3 N–H and O–H groups in total. The van der Waals surface area contributed by atoms with Gasteiger partial charge in [0.15, 0.2) is 11.9 Å². The van der Waals surface area contributed by atoms with Gasteiger partial charge in [-0.25, -0.2) is 15.0 Å². The number of fused-ring (bicyclic) bond motifs is 1. The highest BCUT2D eigenvalue weighted by atomic mass is 32.2. The van der Waals surface area contributed by atoms with E-state index in [0.717, 1.165) is 10.8 Å².